The lowest BCUT2D eigenvalue weighted by Crippen LogP contribution is -2.35. The molecule has 0 bridgehead atoms. The SMILES string of the molecule is Cc1ccc(C2(CNC(=O)Nc3ccc(C(F)(F)F)cc3)CC2)cc1. The fourth-order valence-electron chi connectivity index (χ4n) is 2.79. The highest BCUT2D eigenvalue weighted by atomic mass is 19.4. The number of rotatable bonds is 4. The first kappa shape index (κ1) is 17.3. The van der Waals surface area contributed by atoms with Gasteiger partial charge in [-0.05, 0) is 49.6 Å². The lowest BCUT2D eigenvalue weighted by atomic mass is 9.95. The summed E-state index contributed by atoms with van der Waals surface area (Å²) in [6.07, 6.45) is -2.36. The number of aryl methyl sites for hydroxylation is 1. The van der Waals surface area contributed by atoms with Crippen LogP contribution in [-0.4, -0.2) is 12.6 Å². The van der Waals surface area contributed by atoms with Gasteiger partial charge in [0, 0.05) is 17.6 Å². The summed E-state index contributed by atoms with van der Waals surface area (Å²) < 4.78 is 37.6. The summed E-state index contributed by atoms with van der Waals surface area (Å²) in [5, 5.41) is 5.38. The van der Waals surface area contributed by atoms with Crippen molar-refractivity contribution in [2.75, 3.05) is 11.9 Å². The third-order valence-electron chi connectivity index (χ3n) is 4.57. The molecule has 3 rings (SSSR count). The maximum absolute atomic E-state index is 12.5. The van der Waals surface area contributed by atoms with E-state index in [9.17, 15) is 18.0 Å². The molecule has 1 aliphatic rings. The van der Waals surface area contributed by atoms with Crippen LogP contribution in [0.2, 0.25) is 0 Å². The molecule has 3 nitrogen and oxygen atoms in total. The van der Waals surface area contributed by atoms with Crippen LogP contribution in [-0.2, 0) is 11.6 Å². The predicted octanol–water partition coefficient (Wildman–Crippen LogP) is 4.87. The lowest BCUT2D eigenvalue weighted by molar-refractivity contribution is -0.137. The van der Waals surface area contributed by atoms with Gasteiger partial charge in [-0.1, -0.05) is 29.8 Å². The van der Waals surface area contributed by atoms with Crippen LogP contribution in [0.15, 0.2) is 48.5 Å². The van der Waals surface area contributed by atoms with Crippen molar-refractivity contribution in [2.24, 2.45) is 0 Å². The third kappa shape index (κ3) is 4.13. The van der Waals surface area contributed by atoms with Gasteiger partial charge in [-0.15, -0.1) is 0 Å². The van der Waals surface area contributed by atoms with Crippen LogP contribution in [0.3, 0.4) is 0 Å². The number of halogens is 3. The van der Waals surface area contributed by atoms with E-state index >= 15 is 0 Å². The molecule has 2 aromatic rings. The van der Waals surface area contributed by atoms with Crippen molar-refractivity contribution < 1.29 is 18.0 Å². The summed E-state index contributed by atoms with van der Waals surface area (Å²) in [6.45, 7) is 2.53. The number of carbonyl (C=O) groups is 1. The molecule has 1 saturated carbocycles. The van der Waals surface area contributed by atoms with Gasteiger partial charge >= 0.3 is 12.2 Å². The van der Waals surface area contributed by atoms with E-state index < -0.39 is 17.8 Å². The Morgan fingerprint density at radius 1 is 1.04 bits per heavy atom. The van der Waals surface area contributed by atoms with E-state index in [4.69, 9.17) is 0 Å². The first-order valence-corrected chi connectivity index (χ1v) is 8.08. The van der Waals surface area contributed by atoms with Crippen LogP contribution in [0.1, 0.15) is 29.5 Å². The average molecular weight is 348 g/mol. The lowest BCUT2D eigenvalue weighted by Gasteiger charge is -2.17. The van der Waals surface area contributed by atoms with Crippen molar-refractivity contribution in [3.63, 3.8) is 0 Å². The molecule has 6 heteroatoms. The molecule has 132 valence electrons. The fraction of sp³-hybridized carbons (Fsp3) is 0.316. The second-order valence-electron chi connectivity index (χ2n) is 6.53. The smallest absolute Gasteiger partial charge is 0.337 e. The van der Waals surface area contributed by atoms with E-state index in [-0.39, 0.29) is 5.41 Å². The Kier molecular flexibility index (Phi) is 4.45. The molecule has 0 saturated heterocycles. The van der Waals surface area contributed by atoms with Gasteiger partial charge in [0.15, 0.2) is 0 Å². The average Bonchev–Trinajstić information content (AvgIpc) is 3.34. The normalized spacial score (nSPS) is 15.5. The molecule has 2 aromatic carbocycles. The molecule has 0 spiro atoms. The molecular formula is C19H19F3N2O. The molecule has 1 aliphatic carbocycles. The number of nitrogens with one attached hydrogen (secondary N) is 2. The van der Waals surface area contributed by atoms with Gasteiger partial charge in [0.2, 0.25) is 0 Å². The molecule has 0 heterocycles. The molecule has 2 N–H and O–H groups in total. The van der Waals surface area contributed by atoms with Crippen LogP contribution in [0.25, 0.3) is 0 Å². The van der Waals surface area contributed by atoms with Crippen LogP contribution < -0.4 is 10.6 Å². The van der Waals surface area contributed by atoms with Crippen molar-refractivity contribution in [1.82, 2.24) is 5.32 Å². The van der Waals surface area contributed by atoms with Crippen molar-refractivity contribution >= 4 is 11.7 Å². The van der Waals surface area contributed by atoms with Crippen LogP contribution in [0.5, 0.6) is 0 Å². The zero-order chi connectivity index (χ0) is 18.1. The highest BCUT2D eigenvalue weighted by Crippen LogP contribution is 2.47. The molecule has 0 unspecified atom stereocenters. The minimum absolute atomic E-state index is 0.0226. The minimum atomic E-state index is -4.38. The summed E-state index contributed by atoms with van der Waals surface area (Å²) in [5.74, 6) is 0. The minimum Gasteiger partial charge on any atom is -0.337 e. The number of hydrogen-bond acceptors (Lipinski definition) is 1. The first-order valence-electron chi connectivity index (χ1n) is 8.08. The van der Waals surface area contributed by atoms with Gasteiger partial charge in [0.1, 0.15) is 0 Å². The standard InChI is InChI=1S/C19H19F3N2O/c1-13-2-4-14(5-3-13)18(10-11-18)12-23-17(25)24-16-8-6-15(7-9-16)19(20,21)22/h2-9H,10-12H2,1H3,(H2,23,24,25). The van der Waals surface area contributed by atoms with E-state index in [2.05, 4.69) is 34.9 Å². The van der Waals surface area contributed by atoms with Crippen LogP contribution in [0.4, 0.5) is 23.7 Å². The number of carbonyl (C=O) groups excluding carboxylic acids is 1. The van der Waals surface area contributed by atoms with Gasteiger partial charge < -0.3 is 10.6 Å². The second kappa shape index (κ2) is 6.43. The number of urea groups is 1. The Hall–Kier alpha value is -2.50. The zero-order valence-corrected chi connectivity index (χ0v) is 13.8. The van der Waals surface area contributed by atoms with Crippen molar-refractivity contribution in [3.8, 4) is 0 Å². The Morgan fingerprint density at radius 3 is 2.16 bits per heavy atom. The van der Waals surface area contributed by atoms with Crippen molar-refractivity contribution in [3.05, 3.63) is 65.2 Å². The van der Waals surface area contributed by atoms with Crippen LogP contribution >= 0.6 is 0 Å². The summed E-state index contributed by atoms with van der Waals surface area (Å²) in [6, 6.07) is 12.2. The van der Waals surface area contributed by atoms with E-state index in [1.165, 1.54) is 23.3 Å². The zero-order valence-electron chi connectivity index (χ0n) is 13.8. The molecule has 0 radical (unpaired) electrons. The highest BCUT2D eigenvalue weighted by Gasteiger charge is 2.44. The van der Waals surface area contributed by atoms with Gasteiger partial charge in [-0.3, -0.25) is 0 Å². The summed E-state index contributed by atoms with van der Waals surface area (Å²) in [5.41, 5.74) is 1.95. The maximum atomic E-state index is 12.5. The van der Waals surface area contributed by atoms with Gasteiger partial charge in [0.25, 0.3) is 0 Å². The molecule has 0 aromatic heterocycles. The molecule has 1 fully saturated rings. The van der Waals surface area contributed by atoms with Gasteiger partial charge in [-0.25, -0.2) is 4.79 Å². The fourth-order valence-corrected chi connectivity index (χ4v) is 2.79. The maximum Gasteiger partial charge on any atom is 0.416 e. The molecule has 2 amide bonds. The number of amides is 2. The largest absolute Gasteiger partial charge is 0.416 e. The van der Waals surface area contributed by atoms with Crippen LogP contribution in [0, 0.1) is 6.92 Å². The van der Waals surface area contributed by atoms with E-state index in [0.717, 1.165) is 25.0 Å². The molecular weight excluding hydrogens is 329 g/mol. The molecule has 25 heavy (non-hydrogen) atoms. The topological polar surface area (TPSA) is 41.1 Å². The van der Waals surface area contributed by atoms with E-state index in [1.807, 2.05) is 6.92 Å². The summed E-state index contributed by atoms with van der Waals surface area (Å²) in [7, 11) is 0. The number of hydrogen-bond donors (Lipinski definition) is 2. The Bertz CT molecular complexity index is 748. The van der Waals surface area contributed by atoms with E-state index in [1.54, 1.807) is 0 Å². The molecule has 0 aliphatic heterocycles. The summed E-state index contributed by atoms with van der Waals surface area (Å²) >= 11 is 0. The van der Waals surface area contributed by atoms with Crippen molar-refractivity contribution in [2.45, 2.75) is 31.4 Å². The Morgan fingerprint density at radius 2 is 1.64 bits per heavy atom. The quantitative estimate of drug-likeness (QED) is 0.813. The number of anilines is 1. The summed E-state index contributed by atoms with van der Waals surface area (Å²) in [4.78, 5) is 12.0. The highest BCUT2D eigenvalue weighted by molar-refractivity contribution is 5.89. The van der Waals surface area contributed by atoms with Crippen molar-refractivity contribution in [1.29, 1.82) is 0 Å². The Labute approximate surface area is 144 Å². The predicted molar refractivity (Wildman–Crippen MR) is 90.6 cm³/mol. The van der Waals surface area contributed by atoms with Gasteiger partial charge in [0.05, 0.1) is 5.56 Å². The first-order chi connectivity index (χ1) is 11.8. The Balaban J connectivity index is 1.55. The monoisotopic (exact) mass is 348 g/mol. The second-order valence-corrected chi connectivity index (χ2v) is 6.53. The third-order valence-corrected chi connectivity index (χ3v) is 4.57. The van der Waals surface area contributed by atoms with E-state index in [0.29, 0.717) is 12.2 Å². The molecule has 0 atom stereocenters. The number of benzene rings is 2. The number of alkyl halides is 3. The van der Waals surface area contributed by atoms with Gasteiger partial charge in [-0.2, -0.15) is 13.2 Å².